The summed E-state index contributed by atoms with van der Waals surface area (Å²) < 4.78 is 14.9. The van der Waals surface area contributed by atoms with Gasteiger partial charge in [0.1, 0.15) is 5.75 Å². The van der Waals surface area contributed by atoms with E-state index in [1.807, 2.05) is 19.1 Å². The Morgan fingerprint density at radius 1 is 0.949 bits per heavy atom. The zero-order chi connectivity index (χ0) is 29.4. The lowest BCUT2D eigenvalue weighted by Crippen LogP contribution is -2.39. The van der Waals surface area contributed by atoms with Crippen LogP contribution in [0, 0.1) is 0 Å². The predicted octanol–water partition coefficient (Wildman–Crippen LogP) is 6.27. The van der Waals surface area contributed by atoms with Gasteiger partial charge in [-0.25, -0.2) is 4.79 Å². The van der Waals surface area contributed by atoms with Gasteiger partial charge in [0.15, 0.2) is 0 Å². The van der Waals surface area contributed by atoms with Crippen LogP contribution in [0.5, 0.6) is 5.75 Å². The molecule has 7 nitrogen and oxygen atoms in total. The highest BCUT2D eigenvalue weighted by atomic mass is 16.5. The van der Waals surface area contributed by atoms with Crippen LogP contribution >= 0.6 is 0 Å². The molecule has 0 spiro atoms. The highest BCUT2D eigenvalue weighted by Gasteiger charge is 2.29. The fourth-order valence-corrected chi connectivity index (χ4v) is 4.23. The van der Waals surface area contributed by atoms with Crippen molar-refractivity contribution in [2.75, 3.05) is 21.3 Å². The largest absolute Gasteiger partial charge is 0.496 e. The number of hydrogen-bond donors (Lipinski definition) is 2. The lowest BCUT2D eigenvalue weighted by Gasteiger charge is -2.29. The molecule has 1 rings (SSSR count). The molecule has 0 saturated carbocycles. The zero-order valence-electron chi connectivity index (χ0n) is 24.8. The monoisotopic (exact) mass is 544 g/mol. The molecule has 2 N–H and O–H groups in total. The number of carbonyl (C=O) groups is 2. The van der Waals surface area contributed by atoms with E-state index in [4.69, 9.17) is 9.47 Å². The molecule has 0 fully saturated rings. The molecule has 0 saturated heterocycles. The zero-order valence-corrected chi connectivity index (χ0v) is 24.8. The molecule has 0 radical (unpaired) electrons. The van der Waals surface area contributed by atoms with Crippen LogP contribution in [0.2, 0.25) is 0 Å². The van der Waals surface area contributed by atoms with Crippen molar-refractivity contribution in [1.82, 2.24) is 0 Å². The molecular weight excluding hydrogens is 496 g/mol. The molecular formula is C32H48O7. The number of carbonyl (C=O) groups excluding carboxylic acids is 2. The van der Waals surface area contributed by atoms with Crippen LogP contribution < -0.4 is 4.74 Å². The lowest BCUT2D eigenvalue weighted by atomic mass is 9.88. The Hall–Kier alpha value is -2.90. The van der Waals surface area contributed by atoms with E-state index in [1.54, 1.807) is 26.2 Å². The number of ether oxygens (including phenoxy) is 3. The third-order valence-corrected chi connectivity index (χ3v) is 7.03. The number of rotatable bonds is 17. The van der Waals surface area contributed by atoms with Gasteiger partial charge in [-0.1, -0.05) is 34.9 Å². The minimum absolute atomic E-state index is 0.252. The third-order valence-electron chi connectivity index (χ3n) is 7.03. The molecule has 0 amide bonds. The summed E-state index contributed by atoms with van der Waals surface area (Å²) in [6.45, 7) is 7.79. The number of aliphatic hydroxyl groups excluding tert-OH is 1. The van der Waals surface area contributed by atoms with Crippen LogP contribution in [-0.2, 0) is 20.7 Å². The van der Waals surface area contributed by atoms with Gasteiger partial charge in [0.25, 0.3) is 0 Å². The predicted molar refractivity (Wildman–Crippen MR) is 155 cm³/mol. The van der Waals surface area contributed by atoms with Gasteiger partial charge in [-0.15, -0.1) is 0 Å². The normalized spacial score (nSPS) is 14.9. The molecule has 0 aromatic heterocycles. The maximum atomic E-state index is 11.8. The van der Waals surface area contributed by atoms with Crippen LogP contribution in [0.25, 0.3) is 0 Å². The van der Waals surface area contributed by atoms with Crippen molar-refractivity contribution in [3.8, 4) is 5.75 Å². The van der Waals surface area contributed by atoms with Crippen LogP contribution in [-0.4, -0.2) is 55.2 Å². The van der Waals surface area contributed by atoms with Crippen molar-refractivity contribution < 1.29 is 34.0 Å². The van der Waals surface area contributed by atoms with Gasteiger partial charge in [0.05, 0.1) is 45.0 Å². The van der Waals surface area contributed by atoms with Gasteiger partial charge >= 0.3 is 11.9 Å². The van der Waals surface area contributed by atoms with Crippen molar-refractivity contribution in [3.63, 3.8) is 0 Å². The van der Waals surface area contributed by atoms with Crippen LogP contribution in [0.4, 0.5) is 0 Å². The van der Waals surface area contributed by atoms with E-state index in [0.29, 0.717) is 24.8 Å². The first-order chi connectivity index (χ1) is 18.4. The molecule has 0 aliphatic rings. The maximum absolute atomic E-state index is 11.8. The summed E-state index contributed by atoms with van der Waals surface area (Å²) in [6.07, 6.45) is 11.3. The van der Waals surface area contributed by atoms with E-state index < -0.39 is 11.7 Å². The molecule has 218 valence electrons. The van der Waals surface area contributed by atoms with Gasteiger partial charge in [-0.2, -0.15) is 0 Å². The first-order valence-corrected chi connectivity index (χ1v) is 13.6. The molecule has 7 heteroatoms. The first kappa shape index (κ1) is 34.1. The Morgan fingerprint density at radius 2 is 1.62 bits per heavy atom. The topological polar surface area (TPSA) is 102 Å². The highest BCUT2D eigenvalue weighted by molar-refractivity contribution is 5.89. The number of benzene rings is 1. The van der Waals surface area contributed by atoms with Crippen LogP contribution in [0.3, 0.4) is 0 Å². The molecule has 0 aliphatic carbocycles. The molecule has 1 aromatic rings. The van der Waals surface area contributed by atoms with E-state index in [1.165, 1.54) is 25.4 Å². The van der Waals surface area contributed by atoms with E-state index in [9.17, 15) is 19.8 Å². The lowest BCUT2D eigenvalue weighted by molar-refractivity contribution is -0.139. The Morgan fingerprint density at radius 3 is 2.26 bits per heavy atom. The molecule has 0 unspecified atom stereocenters. The van der Waals surface area contributed by atoms with E-state index in [2.05, 4.69) is 30.7 Å². The van der Waals surface area contributed by atoms with Gasteiger partial charge < -0.3 is 24.4 Å². The summed E-state index contributed by atoms with van der Waals surface area (Å²) in [5.74, 6) is 0.100. The summed E-state index contributed by atoms with van der Waals surface area (Å²) in [5.41, 5.74) is 3.77. The van der Waals surface area contributed by atoms with Crippen molar-refractivity contribution in [2.24, 2.45) is 0 Å². The quantitative estimate of drug-likeness (QED) is 0.176. The molecule has 0 aliphatic heterocycles. The van der Waals surface area contributed by atoms with Crippen LogP contribution in [0.1, 0.15) is 95.0 Å². The number of esters is 2. The minimum Gasteiger partial charge on any atom is -0.496 e. The molecule has 0 bridgehead atoms. The Labute approximate surface area is 234 Å². The smallest absolute Gasteiger partial charge is 0.337 e. The summed E-state index contributed by atoms with van der Waals surface area (Å²) in [6, 6.07) is 5.29. The second kappa shape index (κ2) is 17.6. The van der Waals surface area contributed by atoms with E-state index in [-0.39, 0.29) is 18.4 Å². The maximum Gasteiger partial charge on any atom is 0.337 e. The molecule has 1 aromatic carbocycles. The van der Waals surface area contributed by atoms with Crippen molar-refractivity contribution in [3.05, 3.63) is 64.3 Å². The molecule has 39 heavy (non-hydrogen) atoms. The summed E-state index contributed by atoms with van der Waals surface area (Å²) in [7, 11) is 4.35. The Bertz CT molecular complexity index is 1020. The van der Waals surface area contributed by atoms with Gasteiger partial charge in [0, 0.05) is 0 Å². The first-order valence-electron chi connectivity index (χ1n) is 13.6. The minimum atomic E-state index is -1.16. The number of aliphatic hydroxyl groups is 2. The van der Waals surface area contributed by atoms with Crippen molar-refractivity contribution in [1.29, 1.82) is 0 Å². The summed E-state index contributed by atoms with van der Waals surface area (Å²) >= 11 is 0. The number of hydrogen-bond acceptors (Lipinski definition) is 7. The van der Waals surface area contributed by atoms with Crippen molar-refractivity contribution in [2.45, 2.75) is 97.2 Å². The second-order valence-electron chi connectivity index (χ2n) is 10.5. The van der Waals surface area contributed by atoms with Gasteiger partial charge in [-0.3, -0.25) is 4.79 Å². The van der Waals surface area contributed by atoms with E-state index in [0.717, 1.165) is 49.0 Å². The summed E-state index contributed by atoms with van der Waals surface area (Å²) in [5, 5.41) is 21.4. The summed E-state index contributed by atoms with van der Waals surface area (Å²) in [4.78, 5) is 23.1. The standard InChI is InChI=1S/C32H48O7/c1-23(13-16-26-22-27(31(35)39-7)17-18-28(26)37-5)10-8-11-24(2)14-19-29(33)32(4,36)21-9-12-25(3)15-20-30(34)38-6/h11,13,15,17-18,22,29,33,36H,8-10,12,14,16,19-21H2,1-7H3/b23-13+,24-11+,25-15-/t29-,32+/m0/s1. The second-order valence-corrected chi connectivity index (χ2v) is 10.5. The van der Waals surface area contributed by atoms with Crippen molar-refractivity contribution >= 4 is 11.9 Å². The van der Waals surface area contributed by atoms with Gasteiger partial charge in [-0.05, 0) is 103 Å². The Balaban J connectivity index is 2.50. The Kier molecular flexibility index (Phi) is 15.4. The fourth-order valence-electron chi connectivity index (χ4n) is 4.23. The fraction of sp³-hybridized carbons (Fsp3) is 0.562. The number of methoxy groups -OCH3 is 3. The highest BCUT2D eigenvalue weighted by Crippen LogP contribution is 2.25. The van der Waals surface area contributed by atoms with Gasteiger partial charge in [0.2, 0.25) is 0 Å². The molecule has 2 atom stereocenters. The average molecular weight is 545 g/mol. The van der Waals surface area contributed by atoms with Crippen LogP contribution in [0.15, 0.2) is 53.1 Å². The third kappa shape index (κ3) is 13.1. The number of allylic oxidation sites excluding steroid dienone is 5. The average Bonchev–Trinajstić information content (AvgIpc) is 2.92. The van der Waals surface area contributed by atoms with E-state index >= 15 is 0 Å². The molecule has 0 heterocycles. The SMILES string of the molecule is COC(=O)C/C=C(/C)CCC[C@@](C)(O)[C@@H](O)CC/C(C)=C/CC/C(C)=C/Cc1cc(C(=O)OC)ccc1OC.